The number of halogens is 5. The first-order valence-corrected chi connectivity index (χ1v) is 6.27. The molecule has 4 nitrogen and oxygen atoms in total. The molecule has 0 fully saturated rings. The molecule has 1 aromatic carbocycles. The summed E-state index contributed by atoms with van der Waals surface area (Å²) in [6, 6.07) is 1.83. The van der Waals surface area contributed by atoms with Crippen molar-refractivity contribution in [3.05, 3.63) is 36.0 Å². The number of nitrogens with zero attached hydrogens (tertiary/aromatic N) is 1. The van der Waals surface area contributed by atoms with Gasteiger partial charge >= 0.3 is 15.6 Å². The zero-order valence-corrected chi connectivity index (χ0v) is 10.1. The summed E-state index contributed by atoms with van der Waals surface area (Å²) >= 11 is 0. The van der Waals surface area contributed by atoms with Crippen molar-refractivity contribution >= 4 is 21.0 Å². The molecule has 0 radical (unpaired) electrons. The van der Waals surface area contributed by atoms with Gasteiger partial charge in [-0.2, -0.15) is 21.6 Å². The van der Waals surface area contributed by atoms with E-state index in [-0.39, 0.29) is 0 Å². The first-order chi connectivity index (χ1) is 9.12. The average molecular weight is 313 g/mol. The van der Waals surface area contributed by atoms with E-state index in [1.807, 2.05) is 0 Å². The zero-order valence-electron chi connectivity index (χ0n) is 9.28. The Morgan fingerprint density at radius 1 is 1.15 bits per heavy atom. The molecule has 0 bridgehead atoms. The molecule has 0 unspecified atom stereocenters. The van der Waals surface area contributed by atoms with Crippen LogP contribution in [0, 0.1) is 11.6 Å². The number of hydrogen-bond acceptors (Lipinski definition) is 4. The van der Waals surface area contributed by atoms with Gasteiger partial charge in [-0.25, -0.2) is 8.78 Å². The first kappa shape index (κ1) is 14.4. The van der Waals surface area contributed by atoms with Gasteiger partial charge in [0.15, 0.2) is 11.6 Å². The second-order valence-corrected chi connectivity index (χ2v) is 5.11. The van der Waals surface area contributed by atoms with Gasteiger partial charge in [0.2, 0.25) is 0 Å². The van der Waals surface area contributed by atoms with Crippen LogP contribution in [0.1, 0.15) is 0 Å². The Morgan fingerprint density at radius 3 is 2.40 bits per heavy atom. The fourth-order valence-electron chi connectivity index (χ4n) is 1.39. The molecule has 0 amide bonds. The minimum Gasteiger partial charge on any atom is -0.375 e. The van der Waals surface area contributed by atoms with Crippen LogP contribution in [-0.4, -0.2) is 18.9 Å². The van der Waals surface area contributed by atoms with Crippen molar-refractivity contribution in [2.75, 3.05) is 0 Å². The molecule has 0 spiro atoms. The van der Waals surface area contributed by atoms with Gasteiger partial charge in [0.05, 0.1) is 0 Å². The van der Waals surface area contributed by atoms with E-state index in [4.69, 9.17) is 0 Å². The average Bonchev–Trinajstić information content (AvgIpc) is 2.28. The molecule has 0 saturated carbocycles. The third kappa shape index (κ3) is 2.50. The first-order valence-electron chi connectivity index (χ1n) is 4.86. The highest BCUT2D eigenvalue weighted by Gasteiger charge is 2.48. The SMILES string of the molecule is O=S(=O)(Oc1ccnc2c(F)cc(F)cc12)C(F)(F)F. The van der Waals surface area contributed by atoms with E-state index in [1.54, 1.807) is 0 Å². The molecule has 0 aliphatic carbocycles. The molecule has 2 rings (SSSR count). The Morgan fingerprint density at radius 2 is 1.80 bits per heavy atom. The largest absolute Gasteiger partial charge is 0.534 e. The molecule has 0 atom stereocenters. The number of pyridine rings is 1. The fraction of sp³-hybridized carbons (Fsp3) is 0.100. The smallest absolute Gasteiger partial charge is 0.375 e. The maximum atomic E-state index is 13.4. The van der Waals surface area contributed by atoms with Gasteiger partial charge in [-0.3, -0.25) is 4.98 Å². The summed E-state index contributed by atoms with van der Waals surface area (Å²) < 4.78 is 88.6. The van der Waals surface area contributed by atoms with E-state index in [9.17, 15) is 30.4 Å². The highest BCUT2D eigenvalue weighted by atomic mass is 32.2. The molecule has 108 valence electrons. The molecular formula is C10H4F5NO3S. The highest BCUT2D eigenvalue weighted by molar-refractivity contribution is 7.88. The van der Waals surface area contributed by atoms with Crippen molar-refractivity contribution in [3.63, 3.8) is 0 Å². The lowest BCUT2D eigenvalue weighted by molar-refractivity contribution is -0.0499. The van der Waals surface area contributed by atoms with Gasteiger partial charge in [0.25, 0.3) is 0 Å². The Balaban J connectivity index is 2.62. The molecular weight excluding hydrogens is 309 g/mol. The van der Waals surface area contributed by atoms with Gasteiger partial charge in [0, 0.05) is 23.7 Å². The molecule has 10 heteroatoms. The van der Waals surface area contributed by atoms with Crippen molar-refractivity contribution < 1.29 is 34.6 Å². The number of hydrogen-bond donors (Lipinski definition) is 0. The van der Waals surface area contributed by atoms with E-state index >= 15 is 0 Å². The summed E-state index contributed by atoms with van der Waals surface area (Å²) in [7, 11) is -5.94. The van der Waals surface area contributed by atoms with Crippen LogP contribution in [-0.2, 0) is 10.1 Å². The Hall–Kier alpha value is -1.97. The second-order valence-electron chi connectivity index (χ2n) is 3.58. The fourth-order valence-corrected chi connectivity index (χ4v) is 1.87. The maximum absolute atomic E-state index is 13.4. The summed E-state index contributed by atoms with van der Waals surface area (Å²) in [5, 5.41) is -0.530. The zero-order chi connectivity index (χ0) is 15.1. The number of benzene rings is 1. The van der Waals surface area contributed by atoms with Crippen LogP contribution < -0.4 is 4.18 Å². The molecule has 0 aliphatic rings. The molecule has 0 saturated heterocycles. The van der Waals surface area contributed by atoms with Crippen LogP contribution in [0.15, 0.2) is 24.4 Å². The van der Waals surface area contributed by atoms with Crippen LogP contribution in [0.5, 0.6) is 5.75 Å². The third-order valence-electron chi connectivity index (χ3n) is 2.21. The Kier molecular flexibility index (Phi) is 3.28. The maximum Gasteiger partial charge on any atom is 0.534 e. The lowest BCUT2D eigenvalue weighted by Gasteiger charge is -2.11. The van der Waals surface area contributed by atoms with E-state index in [0.717, 1.165) is 12.3 Å². The van der Waals surface area contributed by atoms with Crippen LogP contribution in [0.4, 0.5) is 22.0 Å². The van der Waals surface area contributed by atoms with Crippen LogP contribution in [0.3, 0.4) is 0 Å². The van der Waals surface area contributed by atoms with Gasteiger partial charge in [-0.05, 0) is 6.07 Å². The van der Waals surface area contributed by atoms with E-state index in [1.165, 1.54) is 0 Å². The van der Waals surface area contributed by atoms with Gasteiger partial charge < -0.3 is 4.18 Å². The van der Waals surface area contributed by atoms with Crippen LogP contribution in [0.25, 0.3) is 10.9 Å². The summed E-state index contributed by atoms with van der Waals surface area (Å²) in [4.78, 5) is 3.48. The lowest BCUT2D eigenvalue weighted by atomic mass is 10.2. The third-order valence-corrected chi connectivity index (χ3v) is 3.17. The predicted molar refractivity (Wildman–Crippen MR) is 57.3 cm³/mol. The molecule has 2 aromatic rings. The minimum atomic E-state index is -5.94. The number of alkyl halides is 3. The normalized spacial score (nSPS) is 12.7. The predicted octanol–water partition coefficient (Wildman–Crippen LogP) is 2.74. The van der Waals surface area contributed by atoms with Gasteiger partial charge in [0.1, 0.15) is 11.3 Å². The summed E-state index contributed by atoms with van der Waals surface area (Å²) in [5.41, 5.74) is -6.17. The number of aromatic nitrogens is 1. The topological polar surface area (TPSA) is 56.3 Å². The molecule has 0 aliphatic heterocycles. The van der Waals surface area contributed by atoms with Crippen molar-refractivity contribution in [1.82, 2.24) is 4.98 Å². The van der Waals surface area contributed by atoms with Crippen LogP contribution >= 0.6 is 0 Å². The molecule has 1 heterocycles. The molecule has 1 aromatic heterocycles. The summed E-state index contributed by atoms with van der Waals surface area (Å²) in [6.07, 6.45) is 0.838. The molecule has 0 N–H and O–H groups in total. The monoisotopic (exact) mass is 313 g/mol. The van der Waals surface area contributed by atoms with Crippen molar-refractivity contribution in [2.24, 2.45) is 0 Å². The van der Waals surface area contributed by atoms with E-state index in [2.05, 4.69) is 9.17 Å². The highest BCUT2D eigenvalue weighted by Crippen LogP contribution is 2.32. The van der Waals surface area contributed by atoms with Crippen molar-refractivity contribution in [1.29, 1.82) is 0 Å². The lowest BCUT2D eigenvalue weighted by Crippen LogP contribution is -2.28. The quantitative estimate of drug-likeness (QED) is 0.486. The van der Waals surface area contributed by atoms with E-state index in [0.29, 0.717) is 12.1 Å². The molecule has 20 heavy (non-hydrogen) atoms. The van der Waals surface area contributed by atoms with Crippen molar-refractivity contribution in [2.45, 2.75) is 5.51 Å². The van der Waals surface area contributed by atoms with Crippen LogP contribution in [0.2, 0.25) is 0 Å². The summed E-state index contributed by atoms with van der Waals surface area (Å²) in [5.74, 6) is -3.14. The Bertz CT molecular complexity index is 772. The standard InChI is InChI=1S/C10H4F5NO3S/c11-5-3-6-8(19-20(17,18)10(13,14)15)1-2-16-9(6)7(12)4-5/h1-4H. The number of rotatable bonds is 2. The Labute approximate surface area is 108 Å². The number of fused-ring (bicyclic) bond motifs is 1. The van der Waals surface area contributed by atoms with Gasteiger partial charge in [-0.15, -0.1) is 0 Å². The van der Waals surface area contributed by atoms with Crippen molar-refractivity contribution in [3.8, 4) is 5.75 Å². The van der Waals surface area contributed by atoms with E-state index < -0.39 is 43.9 Å². The summed E-state index contributed by atoms with van der Waals surface area (Å²) in [6.45, 7) is 0. The second kappa shape index (κ2) is 4.54. The minimum absolute atomic E-state index is 0.456. The van der Waals surface area contributed by atoms with Gasteiger partial charge in [-0.1, -0.05) is 0 Å².